The number of nitriles is 1. The van der Waals surface area contributed by atoms with E-state index in [0.717, 1.165) is 22.3 Å². The molecular formula is C35H30N2O2S. The maximum atomic E-state index is 13.9. The van der Waals surface area contributed by atoms with Crippen LogP contribution in [0, 0.1) is 11.3 Å². The molecule has 0 heterocycles. The van der Waals surface area contributed by atoms with Crippen LogP contribution in [0.3, 0.4) is 0 Å². The fourth-order valence-corrected chi connectivity index (χ4v) is 6.80. The lowest BCUT2D eigenvalue weighted by atomic mass is 9.61. The van der Waals surface area contributed by atoms with E-state index in [0.29, 0.717) is 6.42 Å². The second kappa shape index (κ2) is 12.1. The summed E-state index contributed by atoms with van der Waals surface area (Å²) in [5.41, 5.74) is 2.23. The van der Waals surface area contributed by atoms with Crippen LogP contribution < -0.4 is 4.72 Å². The van der Waals surface area contributed by atoms with Gasteiger partial charge in [0.1, 0.15) is 5.41 Å². The van der Waals surface area contributed by atoms with E-state index < -0.39 is 27.4 Å². The van der Waals surface area contributed by atoms with E-state index in [2.05, 4.69) is 10.8 Å². The minimum atomic E-state index is -3.92. The molecule has 0 aliphatic heterocycles. The molecule has 0 fully saturated rings. The molecule has 198 valence electrons. The molecule has 0 aromatic heterocycles. The van der Waals surface area contributed by atoms with E-state index in [9.17, 15) is 13.7 Å². The monoisotopic (exact) mass is 542 g/mol. The van der Waals surface area contributed by atoms with Crippen molar-refractivity contribution in [3.63, 3.8) is 0 Å². The molecule has 4 nitrogen and oxygen atoms in total. The number of nitrogens with one attached hydrogen (secondary N) is 1. The van der Waals surface area contributed by atoms with Crippen molar-refractivity contribution in [2.45, 2.75) is 28.7 Å². The van der Waals surface area contributed by atoms with Crippen molar-refractivity contribution < 1.29 is 8.42 Å². The predicted octanol–water partition coefficient (Wildman–Crippen LogP) is 6.87. The first-order chi connectivity index (χ1) is 19.5. The average Bonchev–Trinajstić information content (AvgIpc) is 3.02. The molecule has 0 unspecified atom stereocenters. The lowest BCUT2D eigenvalue weighted by Crippen LogP contribution is -2.49. The zero-order chi connectivity index (χ0) is 27.8. The maximum absolute atomic E-state index is 13.9. The van der Waals surface area contributed by atoms with Crippen molar-refractivity contribution in [1.82, 2.24) is 4.72 Å². The molecule has 0 radical (unpaired) electrons. The zero-order valence-electron chi connectivity index (χ0n) is 22.0. The van der Waals surface area contributed by atoms with Gasteiger partial charge in [-0.05, 0) is 40.8 Å². The zero-order valence-corrected chi connectivity index (χ0v) is 22.8. The smallest absolute Gasteiger partial charge is 0.207 e. The van der Waals surface area contributed by atoms with Gasteiger partial charge in [0.2, 0.25) is 10.0 Å². The van der Waals surface area contributed by atoms with Crippen LogP contribution >= 0.6 is 0 Å². The predicted molar refractivity (Wildman–Crippen MR) is 159 cm³/mol. The van der Waals surface area contributed by atoms with Gasteiger partial charge in [-0.15, -0.1) is 0 Å². The van der Waals surface area contributed by atoms with E-state index >= 15 is 0 Å². The van der Waals surface area contributed by atoms with Crippen molar-refractivity contribution in [3.8, 4) is 6.07 Å². The highest BCUT2D eigenvalue weighted by molar-refractivity contribution is 7.89. The van der Waals surface area contributed by atoms with Crippen LogP contribution in [0.4, 0.5) is 0 Å². The molecule has 0 saturated heterocycles. The van der Waals surface area contributed by atoms with Gasteiger partial charge < -0.3 is 0 Å². The van der Waals surface area contributed by atoms with E-state index in [4.69, 9.17) is 0 Å². The van der Waals surface area contributed by atoms with Crippen LogP contribution in [0.1, 0.15) is 28.2 Å². The summed E-state index contributed by atoms with van der Waals surface area (Å²) in [5.74, 6) is -0.581. The fraction of sp³-hybridized carbons (Fsp3) is 0.114. The first-order valence-electron chi connectivity index (χ1n) is 13.2. The molecule has 2 atom stereocenters. The van der Waals surface area contributed by atoms with Gasteiger partial charge >= 0.3 is 0 Å². The molecule has 0 bridgehead atoms. The molecule has 0 saturated carbocycles. The highest BCUT2D eigenvalue weighted by Crippen LogP contribution is 2.47. The van der Waals surface area contributed by atoms with Gasteiger partial charge in [-0.2, -0.15) is 5.26 Å². The number of sulfonamides is 1. The SMILES string of the molecule is N#CC(c1ccccc1)(c1ccccc1)[C@@H](c1ccccc1)[C@H](Cc1ccccc1)NS(=O)(=O)c1ccccc1. The summed E-state index contributed by atoms with van der Waals surface area (Å²) in [6.07, 6.45) is 0.384. The number of hydrogen-bond donors (Lipinski definition) is 1. The fourth-order valence-electron chi connectivity index (χ4n) is 5.53. The minimum absolute atomic E-state index is 0.182. The van der Waals surface area contributed by atoms with E-state index in [1.165, 1.54) is 0 Å². The number of benzene rings is 5. The summed E-state index contributed by atoms with van der Waals surface area (Å²) < 4.78 is 30.8. The second-order valence-electron chi connectivity index (χ2n) is 9.77. The highest BCUT2D eigenvalue weighted by Gasteiger charge is 2.48. The number of hydrogen-bond acceptors (Lipinski definition) is 3. The highest BCUT2D eigenvalue weighted by atomic mass is 32.2. The summed E-state index contributed by atoms with van der Waals surface area (Å²) in [6, 6.07) is 49.4. The molecule has 0 aliphatic carbocycles. The van der Waals surface area contributed by atoms with Crippen molar-refractivity contribution in [2.75, 3.05) is 0 Å². The Morgan fingerprint density at radius 2 is 1.05 bits per heavy atom. The Bertz CT molecular complexity index is 1610. The molecule has 5 rings (SSSR count). The molecule has 5 heteroatoms. The Kier molecular flexibility index (Phi) is 8.21. The Balaban J connectivity index is 1.78. The average molecular weight is 543 g/mol. The molecule has 5 aromatic rings. The topological polar surface area (TPSA) is 70.0 Å². The Hall–Kier alpha value is -4.50. The van der Waals surface area contributed by atoms with Crippen molar-refractivity contribution in [2.24, 2.45) is 0 Å². The Labute approximate surface area is 236 Å². The Morgan fingerprint density at radius 1 is 0.625 bits per heavy atom. The molecular weight excluding hydrogens is 512 g/mol. The largest absolute Gasteiger partial charge is 0.240 e. The lowest BCUT2D eigenvalue weighted by molar-refractivity contribution is 0.393. The van der Waals surface area contributed by atoms with Crippen LogP contribution in [-0.2, 0) is 21.9 Å². The number of rotatable bonds is 10. The third kappa shape index (κ3) is 5.60. The summed E-state index contributed by atoms with van der Waals surface area (Å²) in [6.45, 7) is 0. The van der Waals surface area contributed by atoms with Gasteiger partial charge in [0.15, 0.2) is 0 Å². The summed E-state index contributed by atoms with van der Waals surface area (Å²) in [4.78, 5) is 0.182. The first kappa shape index (κ1) is 27.1. The van der Waals surface area contributed by atoms with E-state index in [1.54, 1.807) is 30.3 Å². The van der Waals surface area contributed by atoms with Crippen LogP contribution in [-0.4, -0.2) is 14.5 Å². The maximum Gasteiger partial charge on any atom is 0.240 e. The van der Waals surface area contributed by atoms with Crippen molar-refractivity contribution >= 4 is 10.0 Å². The normalized spacial score (nSPS) is 13.2. The van der Waals surface area contributed by atoms with Crippen LogP contribution in [0.5, 0.6) is 0 Å². The van der Waals surface area contributed by atoms with E-state index in [-0.39, 0.29) is 4.90 Å². The van der Waals surface area contributed by atoms with Crippen molar-refractivity contribution in [1.29, 1.82) is 5.26 Å². The van der Waals surface area contributed by atoms with Gasteiger partial charge in [0.25, 0.3) is 0 Å². The van der Waals surface area contributed by atoms with Gasteiger partial charge in [0, 0.05) is 12.0 Å². The van der Waals surface area contributed by atoms with Gasteiger partial charge in [0.05, 0.1) is 11.0 Å². The molecule has 0 aliphatic rings. The lowest BCUT2D eigenvalue weighted by Gasteiger charge is -2.41. The van der Waals surface area contributed by atoms with Crippen LogP contribution in [0.15, 0.2) is 157 Å². The third-order valence-corrected chi connectivity index (χ3v) is 8.83. The minimum Gasteiger partial charge on any atom is -0.207 e. The second-order valence-corrected chi connectivity index (χ2v) is 11.5. The van der Waals surface area contributed by atoms with Gasteiger partial charge in [-0.3, -0.25) is 0 Å². The third-order valence-electron chi connectivity index (χ3n) is 7.32. The first-order valence-corrected chi connectivity index (χ1v) is 14.7. The number of nitrogens with zero attached hydrogens (tertiary/aromatic N) is 1. The molecule has 0 spiro atoms. The van der Waals surface area contributed by atoms with Gasteiger partial charge in [-0.1, -0.05) is 140 Å². The molecule has 5 aromatic carbocycles. The standard InChI is InChI=1S/C35H30N2O2S/c36-27-35(30-20-10-3-11-21-30,31-22-12-4-13-23-31)34(29-18-8-2-9-19-29)33(26-28-16-6-1-7-17-28)37-40(38,39)32-24-14-5-15-25-32/h1-25,33-34,37H,26H2/t33-,34-/m0/s1. The molecule has 0 amide bonds. The van der Waals surface area contributed by atoms with E-state index in [1.807, 2.05) is 121 Å². The molecule has 40 heavy (non-hydrogen) atoms. The molecule has 1 N–H and O–H groups in total. The Morgan fingerprint density at radius 3 is 1.52 bits per heavy atom. The van der Waals surface area contributed by atoms with Crippen LogP contribution in [0.2, 0.25) is 0 Å². The van der Waals surface area contributed by atoms with Crippen molar-refractivity contribution in [3.05, 3.63) is 174 Å². The summed E-state index contributed by atoms with van der Waals surface area (Å²) in [7, 11) is -3.92. The van der Waals surface area contributed by atoms with Crippen LogP contribution in [0.25, 0.3) is 0 Å². The summed E-state index contributed by atoms with van der Waals surface area (Å²) >= 11 is 0. The quantitative estimate of drug-likeness (QED) is 0.209. The summed E-state index contributed by atoms with van der Waals surface area (Å²) in [5, 5.41) is 11.2. The van der Waals surface area contributed by atoms with Gasteiger partial charge in [-0.25, -0.2) is 13.1 Å².